The molecular formula is C23H22F2N2O4S. The first kappa shape index (κ1) is 23.2. The third-order valence-electron chi connectivity index (χ3n) is 4.56. The van der Waals surface area contributed by atoms with Crippen LogP contribution in [-0.4, -0.2) is 20.9 Å². The maximum Gasteiger partial charge on any atom is 0.387 e. The second kappa shape index (κ2) is 9.78. The van der Waals surface area contributed by atoms with Crippen LogP contribution in [0, 0.1) is 6.92 Å². The fourth-order valence-corrected chi connectivity index (χ4v) is 4.51. The molecule has 0 aromatic heterocycles. The fourth-order valence-electron chi connectivity index (χ4n) is 3.19. The predicted molar refractivity (Wildman–Crippen MR) is 119 cm³/mol. The second-order valence-electron chi connectivity index (χ2n) is 7.13. The smallest absolute Gasteiger partial charge is 0.387 e. The van der Waals surface area contributed by atoms with Crippen LogP contribution in [0.1, 0.15) is 23.6 Å². The highest BCUT2D eigenvalue weighted by molar-refractivity contribution is 7.92. The van der Waals surface area contributed by atoms with Crippen LogP contribution in [-0.2, 0) is 21.2 Å². The largest absolute Gasteiger partial charge is 0.435 e. The van der Waals surface area contributed by atoms with Crippen LogP contribution in [0.3, 0.4) is 0 Å². The van der Waals surface area contributed by atoms with Gasteiger partial charge in [-0.2, -0.15) is 8.78 Å². The summed E-state index contributed by atoms with van der Waals surface area (Å²) in [5.74, 6) is -0.360. The Bertz CT molecular complexity index is 1220. The SMILES string of the molecule is CC(=O)Nc1ccc(C)c(S(=O)(=O)Nc2ccc(OC(F)F)c(Cc3ccccc3)c2)c1. The minimum absolute atomic E-state index is 0.0127. The standard InChI is InChI=1S/C23H22F2N2O4S/c1-15-8-9-19(26-16(2)28)14-22(15)32(29,30)27-20-10-11-21(31-23(24)25)18(13-20)12-17-6-4-3-5-7-17/h3-11,13-14,23,27H,12H2,1-2H3,(H,26,28). The van der Waals surface area contributed by atoms with E-state index >= 15 is 0 Å². The van der Waals surface area contributed by atoms with Crippen LogP contribution in [0.15, 0.2) is 71.6 Å². The molecule has 3 aromatic carbocycles. The van der Waals surface area contributed by atoms with Crippen LogP contribution < -0.4 is 14.8 Å². The Morgan fingerprint density at radius 1 is 1.00 bits per heavy atom. The quantitative estimate of drug-likeness (QED) is 0.498. The molecule has 2 N–H and O–H groups in total. The van der Waals surface area contributed by atoms with E-state index in [0.717, 1.165) is 5.56 Å². The van der Waals surface area contributed by atoms with Gasteiger partial charge in [0.05, 0.1) is 4.90 Å². The number of alkyl halides is 2. The third-order valence-corrected chi connectivity index (χ3v) is 6.09. The van der Waals surface area contributed by atoms with Gasteiger partial charge in [0, 0.05) is 30.3 Å². The number of benzene rings is 3. The number of carbonyl (C=O) groups is 1. The summed E-state index contributed by atoms with van der Waals surface area (Å²) in [6.45, 7) is -0.0537. The molecule has 9 heteroatoms. The van der Waals surface area contributed by atoms with Crippen molar-refractivity contribution in [3.05, 3.63) is 83.4 Å². The number of ether oxygens (including phenoxy) is 1. The lowest BCUT2D eigenvalue weighted by Crippen LogP contribution is -2.16. The first-order chi connectivity index (χ1) is 15.1. The van der Waals surface area contributed by atoms with Gasteiger partial charge in [-0.25, -0.2) is 8.42 Å². The van der Waals surface area contributed by atoms with E-state index in [0.29, 0.717) is 16.8 Å². The average molecular weight is 461 g/mol. The Morgan fingerprint density at radius 2 is 1.69 bits per heavy atom. The van der Waals surface area contributed by atoms with Crippen LogP contribution in [0.4, 0.5) is 20.2 Å². The molecule has 0 radical (unpaired) electrons. The van der Waals surface area contributed by atoms with Gasteiger partial charge in [0.15, 0.2) is 0 Å². The van der Waals surface area contributed by atoms with E-state index in [2.05, 4.69) is 14.8 Å². The van der Waals surface area contributed by atoms with E-state index in [1.54, 1.807) is 19.1 Å². The Morgan fingerprint density at radius 3 is 2.34 bits per heavy atom. The molecule has 0 bridgehead atoms. The van der Waals surface area contributed by atoms with Crippen molar-refractivity contribution in [1.29, 1.82) is 0 Å². The van der Waals surface area contributed by atoms with E-state index in [9.17, 15) is 22.0 Å². The van der Waals surface area contributed by atoms with Crippen molar-refractivity contribution in [3.8, 4) is 5.75 Å². The van der Waals surface area contributed by atoms with E-state index in [-0.39, 0.29) is 28.7 Å². The number of hydrogen-bond acceptors (Lipinski definition) is 4. The normalized spacial score (nSPS) is 11.3. The molecule has 32 heavy (non-hydrogen) atoms. The Kier molecular flexibility index (Phi) is 7.09. The maximum atomic E-state index is 13.0. The van der Waals surface area contributed by atoms with Gasteiger partial charge in [-0.1, -0.05) is 36.4 Å². The molecular weight excluding hydrogens is 438 g/mol. The molecule has 0 aliphatic heterocycles. The summed E-state index contributed by atoms with van der Waals surface area (Å²) >= 11 is 0. The summed E-state index contributed by atoms with van der Waals surface area (Å²) in [6.07, 6.45) is 0.273. The fraction of sp³-hybridized carbons (Fsp3) is 0.174. The van der Waals surface area contributed by atoms with Crippen molar-refractivity contribution in [2.24, 2.45) is 0 Å². The number of aryl methyl sites for hydroxylation is 1. The lowest BCUT2D eigenvalue weighted by Gasteiger charge is -2.15. The highest BCUT2D eigenvalue weighted by atomic mass is 32.2. The Labute approximate surface area is 185 Å². The maximum absolute atomic E-state index is 13.0. The molecule has 0 fully saturated rings. The molecule has 0 unspecified atom stereocenters. The van der Waals surface area contributed by atoms with Crippen LogP contribution in [0.5, 0.6) is 5.75 Å². The van der Waals surface area contributed by atoms with Gasteiger partial charge in [-0.3, -0.25) is 9.52 Å². The van der Waals surface area contributed by atoms with Gasteiger partial charge in [0.25, 0.3) is 10.0 Å². The number of nitrogens with one attached hydrogen (secondary N) is 2. The van der Waals surface area contributed by atoms with Gasteiger partial charge < -0.3 is 10.1 Å². The summed E-state index contributed by atoms with van der Waals surface area (Å²) < 4.78 is 58.8. The number of halogens is 2. The summed E-state index contributed by atoms with van der Waals surface area (Å²) in [7, 11) is -4.02. The summed E-state index contributed by atoms with van der Waals surface area (Å²) in [5, 5.41) is 2.55. The van der Waals surface area contributed by atoms with E-state index in [4.69, 9.17) is 0 Å². The molecule has 0 heterocycles. The summed E-state index contributed by atoms with van der Waals surface area (Å²) in [4.78, 5) is 11.3. The topological polar surface area (TPSA) is 84.5 Å². The minimum Gasteiger partial charge on any atom is -0.435 e. The van der Waals surface area contributed by atoms with Crippen molar-refractivity contribution in [3.63, 3.8) is 0 Å². The molecule has 0 saturated carbocycles. The highest BCUT2D eigenvalue weighted by Gasteiger charge is 2.19. The molecule has 3 aromatic rings. The van der Waals surface area contributed by atoms with E-state index < -0.39 is 16.6 Å². The van der Waals surface area contributed by atoms with Gasteiger partial charge in [0.1, 0.15) is 5.75 Å². The monoisotopic (exact) mass is 460 g/mol. The first-order valence-corrected chi connectivity index (χ1v) is 11.1. The molecule has 0 aliphatic carbocycles. The third kappa shape index (κ3) is 6.04. The van der Waals surface area contributed by atoms with Gasteiger partial charge >= 0.3 is 6.61 Å². The Hall–Kier alpha value is -3.46. The van der Waals surface area contributed by atoms with Crippen LogP contribution in [0.2, 0.25) is 0 Å². The van der Waals surface area contributed by atoms with Gasteiger partial charge in [-0.15, -0.1) is 0 Å². The lowest BCUT2D eigenvalue weighted by molar-refractivity contribution is -0.114. The van der Waals surface area contributed by atoms with Gasteiger partial charge in [-0.05, 0) is 48.4 Å². The number of sulfonamides is 1. The zero-order valence-corrected chi connectivity index (χ0v) is 18.2. The van der Waals surface area contributed by atoms with Crippen molar-refractivity contribution in [2.45, 2.75) is 31.8 Å². The number of carbonyl (C=O) groups excluding carboxylic acids is 1. The molecule has 0 atom stereocenters. The molecule has 3 rings (SSSR count). The number of rotatable bonds is 8. The molecule has 1 amide bonds. The number of amides is 1. The first-order valence-electron chi connectivity index (χ1n) is 9.67. The second-order valence-corrected chi connectivity index (χ2v) is 8.78. The lowest BCUT2D eigenvalue weighted by atomic mass is 10.0. The average Bonchev–Trinajstić information content (AvgIpc) is 2.71. The number of hydrogen-bond donors (Lipinski definition) is 2. The summed E-state index contributed by atoms with van der Waals surface area (Å²) in [5.41, 5.74) is 2.27. The molecule has 0 spiro atoms. The zero-order valence-electron chi connectivity index (χ0n) is 17.4. The van der Waals surface area contributed by atoms with Crippen LogP contribution >= 0.6 is 0 Å². The minimum atomic E-state index is -4.02. The van der Waals surface area contributed by atoms with Crippen LogP contribution in [0.25, 0.3) is 0 Å². The highest BCUT2D eigenvalue weighted by Crippen LogP contribution is 2.29. The van der Waals surface area contributed by atoms with Gasteiger partial charge in [0.2, 0.25) is 5.91 Å². The van der Waals surface area contributed by atoms with E-state index in [1.165, 1.54) is 31.2 Å². The van der Waals surface area contributed by atoms with Crippen molar-refractivity contribution < 1.29 is 26.7 Å². The zero-order chi connectivity index (χ0) is 23.3. The van der Waals surface area contributed by atoms with Crippen molar-refractivity contribution in [2.75, 3.05) is 10.0 Å². The molecule has 0 saturated heterocycles. The molecule has 0 aliphatic rings. The molecule has 6 nitrogen and oxygen atoms in total. The predicted octanol–water partition coefficient (Wildman–Crippen LogP) is 4.95. The Balaban J connectivity index is 1.94. The summed E-state index contributed by atoms with van der Waals surface area (Å²) in [6, 6.07) is 17.8. The van der Waals surface area contributed by atoms with E-state index in [1.807, 2.05) is 30.3 Å². The van der Waals surface area contributed by atoms with Crippen molar-refractivity contribution in [1.82, 2.24) is 0 Å². The number of anilines is 2. The molecule has 168 valence electrons. The van der Waals surface area contributed by atoms with Crippen molar-refractivity contribution >= 4 is 27.3 Å².